The lowest BCUT2D eigenvalue weighted by atomic mass is 10.1. The van der Waals surface area contributed by atoms with E-state index < -0.39 is 11.7 Å². The van der Waals surface area contributed by atoms with Crippen molar-refractivity contribution in [2.45, 2.75) is 19.6 Å². The van der Waals surface area contributed by atoms with Gasteiger partial charge in [0.05, 0.1) is 5.56 Å². The molecule has 0 saturated heterocycles. The van der Waals surface area contributed by atoms with Crippen molar-refractivity contribution in [3.63, 3.8) is 0 Å². The molecular formula is C18H14F3NO. The van der Waals surface area contributed by atoms with Crippen LogP contribution in [0.2, 0.25) is 0 Å². The van der Waals surface area contributed by atoms with Gasteiger partial charge in [-0.05, 0) is 30.7 Å². The molecule has 0 aliphatic heterocycles. The Morgan fingerprint density at radius 2 is 1.70 bits per heavy atom. The number of alkyl halides is 3. The summed E-state index contributed by atoms with van der Waals surface area (Å²) >= 11 is 0. The molecule has 0 bridgehead atoms. The number of carbonyl (C=O) groups is 1. The molecule has 5 heteroatoms. The van der Waals surface area contributed by atoms with Gasteiger partial charge < -0.3 is 4.57 Å². The van der Waals surface area contributed by atoms with Crippen LogP contribution in [0.4, 0.5) is 13.2 Å². The number of hydrogen-bond donors (Lipinski definition) is 0. The summed E-state index contributed by atoms with van der Waals surface area (Å²) < 4.78 is 39.7. The van der Waals surface area contributed by atoms with Gasteiger partial charge in [-0.2, -0.15) is 13.2 Å². The van der Waals surface area contributed by atoms with Crippen LogP contribution >= 0.6 is 0 Å². The van der Waals surface area contributed by atoms with Crippen LogP contribution in [0.3, 0.4) is 0 Å². The monoisotopic (exact) mass is 317 g/mol. The minimum atomic E-state index is -4.33. The highest BCUT2D eigenvalue weighted by molar-refractivity contribution is 6.06. The summed E-state index contributed by atoms with van der Waals surface area (Å²) in [5.74, 6) is -0.0348. The van der Waals surface area contributed by atoms with Crippen molar-refractivity contribution >= 4 is 16.7 Å². The normalized spacial score (nSPS) is 11.8. The van der Waals surface area contributed by atoms with E-state index in [4.69, 9.17) is 0 Å². The van der Waals surface area contributed by atoms with Crippen molar-refractivity contribution in [3.05, 3.63) is 71.4 Å². The zero-order chi connectivity index (χ0) is 16.6. The Morgan fingerprint density at radius 1 is 1.04 bits per heavy atom. The number of fused-ring (bicyclic) bond motifs is 1. The van der Waals surface area contributed by atoms with Crippen LogP contribution < -0.4 is 0 Å². The highest BCUT2D eigenvalue weighted by Gasteiger charge is 2.29. The lowest BCUT2D eigenvalue weighted by Gasteiger charge is -2.09. The number of para-hydroxylation sites is 1. The summed E-state index contributed by atoms with van der Waals surface area (Å²) in [4.78, 5) is 11.7. The van der Waals surface area contributed by atoms with Gasteiger partial charge in [-0.3, -0.25) is 4.79 Å². The van der Waals surface area contributed by atoms with E-state index in [2.05, 4.69) is 0 Å². The number of nitrogens with zero attached hydrogens (tertiary/aromatic N) is 1. The first-order chi connectivity index (χ1) is 10.9. The number of benzene rings is 2. The first-order valence-corrected chi connectivity index (χ1v) is 7.11. The molecule has 118 valence electrons. The van der Waals surface area contributed by atoms with Gasteiger partial charge in [-0.1, -0.05) is 30.3 Å². The average Bonchev–Trinajstić information content (AvgIpc) is 2.86. The first kappa shape index (κ1) is 15.3. The summed E-state index contributed by atoms with van der Waals surface area (Å²) in [6.07, 6.45) is -2.58. The van der Waals surface area contributed by atoms with E-state index in [0.717, 1.165) is 28.6 Å². The van der Waals surface area contributed by atoms with E-state index in [1.807, 2.05) is 28.8 Å². The molecule has 3 aromatic rings. The molecule has 1 aromatic heterocycles. The molecule has 2 aromatic carbocycles. The fourth-order valence-electron chi connectivity index (χ4n) is 2.65. The van der Waals surface area contributed by atoms with Crippen LogP contribution in [0, 0.1) is 0 Å². The molecule has 1 heterocycles. The van der Waals surface area contributed by atoms with Gasteiger partial charge in [0.25, 0.3) is 0 Å². The quantitative estimate of drug-likeness (QED) is 0.629. The Labute approximate surface area is 131 Å². The van der Waals surface area contributed by atoms with Gasteiger partial charge in [-0.25, -0.2) is 0 Å². The first-order valence-electron chi connectivity index (χ1n) is 7.11. The van der Waals surface area contributed by atoms with Crippen LogP contribution in [-0.4, -0.2) is 10.4 Å². The van der Waals surface area contributed by atoms with Gasteiger partial charge in [0, 0.05) is 29.2 Å². The maximum atomic E-state index is 12.6. The van der Waals surface area contributed by atoms with Gasteiger partial charge in [0.2, 0.25) is 0 Å². The lowest BCUT2D eigenvalue weighted by molar-refractivity contribution is -0.137. The molecule has 0 aliphatic carbocycles. The van der Waals surface area contributed by atoms with Crippen molar-refractivity contribution in [2.24, 2.45) is 0 Å². The van der Waals surface area contributed by atoms with Crippen LogP contribution in [0.15, 0.2) is 54.7 Å². The van der Waals surface area contributed by atoms with Crippen molar-refractivity contribution < 1.29 is 18.0 Å². The number of carbonyl (C=O) groups excluding carboxylic acids is 1. The lowest BCUT2D eigenvalue weighted by Crippen LogP contribution is -2.05. The third-order valence-electron chi connectivity index (χ3n) is 3.80. The van der Waals surface area contributed by atoms with E-state index in [-0.39, 0.29) is 5.78 Å². The van der Waals surface area contributed by atoms with Crippen LogP contribution in [0.1, 0.15) is 28.4 Å². The molecule has 0 amide bonds. The van der Waals surface area contributed by atoms with Gasteiger partial charge in [0.1, 0.15) is 0 Å². The number of rotatable bonds is 3. The molecule has 0 fully saturated rings. The number of hydrogen-bond acceptors (Lipinski definition) is 1. The van der Waals surface area contributed by atoms with Crippen LogP contribution in [0.25, 0.3) is 10.9 Å². The van der Waals surface area contributed by atoms with Crippen molar-refractivity contribution in [1.29, 1.82) is 0 Å². The number of ketones is 1. The minimum Gasteiger partial charge on any atom is -0.342 e. The maximum Gasteiger partial charge on any atom is 0.416 e. The van der Waals surface area contributed by atoms with E-state index in [1.165, 1.54) is 19.1 Å². The van der Waals surface area contributed by atoms with E-state index in [9.17, 15) is 18.0 Å². The molecule has 2 nitrogen and oxygen atoms in total. The van der Waals surface area contributed by atoms with Crippen LogP contribution in [0.5, 0.6) is 0 Å². The smallest absolute Gasteiger partial charge is 0.342 e. The second-order valence-corrected chi connectivity index (χ2v) is 5.44. The number of aromatic nitrogens is 1. The third-order valence-corrected chi connectivity index (χ3v) is 3.80. The van der Waals surface area contributed by atoms with Gasteiger partial charge in [-0.15, -0.1) is 0 Å². The van der Waals surface area contributed by atoms with Crippen molar-refractivity contribution in [2.75, 3.05) is 0 Å². The predicted octanol–water partition coefficient (Wildman–Crippen LogP) is 4.91. The van der Waals surface area contributed by atoms with E-state index in [0.29, 0.717) is 12.1 Å². The Kier molecular flexibility index (Phi) is 3.72. The molecule has 23 heavy (non-hydrogen) atoms. The molecule has 0 unspecified atom stereocenters. The largest absolute Gasteiger partial charge is 0.416 e. The van der Waals surface area contributed by atoms with Crippen LogP contribution in [-0.2, 0) is 12.7 Å². The fraction of sp³-hybridized carbons (Fsp3) is 0.167. The Balaban J connectivity index is 1.97. The van der Waals surface area contributed by atoms with Gasteiger partial charge >= 0.3 is 6.18 Å². The second kappa shape index (κ2) is 5.57. The standard InChI is InChI=1S/C18H14F3NO/c1-12(23)16-11-22(17-5-3-2-4-15(16)17)10-13-6-8-14(9-7-13)18(19,20)21/h2-9,11H,10H2,1H3. The third kappa shape index (κ3) is 2.99. The van der Waals surface area contributed by atoms with Crippen molar-refractivity contribution in [1.82, 2.24) is 4.57 Å². The minimum absolute atomic E-state index is 0.0348. The summed E-state index contributed by atoms with van der Waals surface area (Å²) in [7, 11) is 0. The zero-order valence-corrected chi connectivity index (χ0v) is 12.4. The summed E-state index contributed by atoms with van der Waals surface area (Å²) in [5.41, 5.74) is 1.59. The van der Waals surface area contributed by atoms with E-state index >= 15 is 0 Å². The molecule has 0 saturated carbocycles. The predicted molar refractivity (Wildman–Crippen MR) is 82.5 cm³/mol. The summed E-state index contributed by atoms with van der Waals surface area (Å²) in [5, 5.41) is 0.854. The number of Topliss-reactive ketones (excluding diaryl/α,β-unsaturated/α-hetero) is 1. The molecule has 0 spiro atoms. The Morgan fingerprint density at radius 3 is 2.30 bits per heavy atom. The number of halogens is 3. The van der Waals surface area contributed by atoms with Crippen molar-refractivity contribution in [3.8, 4) is 0 Å². The Bertz CT molecular complexity index is 860. The molecule has 0 aliphatic rings. The highest BCUT2D eigenvalue weighted by atomic mass is 19.4. The molecule has 0 atom stereocenters. The molecule has 0 N–H and O–H groups in total. The molecular weight excluding hydrogens is 303 g/mol. The summed E-state index contributed by atoms with van der Waals surface area (Å²) in [6.45, 7) is 1.91. The SMILES string of the molecule is CC(=O)c1cn(Cc2ccc(C(F)(F)F)cc2)c2ccccc12. The second-order valence-electron chi connectivity index (χ2n) is 5.44. The average molecular weight is 317 g/mol. The maximum absolute atomic E-state index is 12.6. The molecule has 0 radical (unpaired) electrons. The molecule has 3 rings (SSSR count). The summed E-state index contributed by atoms with van der Waals surface area (Å²) in [6, 6.07) is 12.6. The highest BCUT2D eigenvalue weighted by Crippen LogP contribution is 2.29. The fourth-order valence-corrected chi connectivity index (χ4v) is 2.65. The zero-order valence-electron chi connectivity index (χ0n) is 12.4. The topological polar surface area (TPSA) is 22.0 Å². The van der Waals surface area contributed by atoms with Gasteiger partial charge in [0.15, 0.2) is 5.78 Å². The van der Waals surface area contributed by atoms with E-state index in [1.54, 1.807) is 6.20 Å². The Hall–Kier alpha value is -2.56.